The van der Waals surface area contributed by atoms with Crippen LogP contribution in [-0.4, -0.2) is 25.6 Å². The van der Waals surface area contributed by atoms with Crippen LogP contribution in [0.5, 0.6) is 0 Å². The lowest BCUT2D eigenvalue weighted by Crippen LogP contribution is -2.04. The highest BCUT2D eigenvalue weighted by atomic mass is 16.4. The zero-order valence-corrected chi connectivity index (χ0v) is 10.4. The molecule has 0 amide bonds. The van der Waals surface area contributed by atoms with Crippen LogP contribution in [0.25, 0.3) is 11.5 Å². The summed E-state index contributed by atoms with van der Waals surface area (Å²) in [5.41, 5.74) is 2.60. The van der Waals surface area contributed by atoms with Crippen molar-refractivity contribution in [1.82, 2.24) is 14.5 Å². The second-order valence-electron chi connectivity index (χ2n) is 4.14. The van der Waals surface area contributed by atoms with Crippen molar-refractivity contribution >= 4 is 5.97 Å². The summed E-state index contributed by atoms with van der Waals surface area (Å²) < 4.78 is 1.92. The maximum absolute atomic E-state index is 10.6. The van der Waals surface area contributed by atoms with E-state index in [1.807, 2.05) is 36.7 Å². The molecular weight excluding hydrogens is 230 g/mol. The number of imidazole rings is 1. The molecule has 2 aromatic rings. The highest BCUT2D eigenvalue weighted by molar-refractivity contribution is 5.67. The van der Waals surface area contributed by atoms with Crippen LogP contribution >= 0.6 is 0 Å². The lowest BCUT2D eigenvalue weighted by atomic mass is 10.2. The van der Waals surface area contributed by atoms with Crippen LogP contribution in [0.15, 0.2) is 24.4 Å². The predicted octanol–water partition coefficient (Wildman–Crippen LogP) is 1.81. The molecule has 2 aromatic heterocycles. The molecule has 1 N–H and O–H groups in total. The molecule has 0 bridgehead atoms. The van der Waals surface area contributed by atoms with Crippen LogP contribution in [0.3, 0.4) is 0 Å². The minimum absolute atomic E-state index is 0.113. The molecule has 0 unspecified atom stereocenters. The van der Waals surface area contributed by atoms with Gasteiger partial charge in [-0.3, -0.25) is 9.78 Å². The van der Waals surface area contributed by atoms with Crippen LogP contribution in [-0.2, 0) is 18.3 Å². The number of carboxylic acids is 1. The fourth-order valence-corrected chi connectivity index (χ4v) is 1.97. The molecule has 0 aliphatic rings. The highest BCUT2D eigenvalue weighted by Gasteiger charge is 2.14. The molecule has 0 aromatic carbocycles. The first-order valence-corrected chi connectivity index (χ1v) is 5.75. The number of aryl methyl sites for hydroxylation is 1. The minimum atomic E-state index is -0.796. The number of carboxylic acid groups (broad SMARTS) is 1. The Balaban J connectivity index is 2.35. The summed E-state index contributed by atoms with van der Waals surface area (Å²) in [5, 5.41) is 8.74. The molecule has 0 aliphatic heterocycles. The molecule has 94 valence electrons. The molecule has 0 aliphatic carbocycles. The number of hydrogen-bond acceptors (Lipinski definition) is 3. The molecule has 5 heteroatoms. The van der Waals surface area contributed by atoms with Gasteiger partial charge >= 0.3 is 5.97 Å². The molecular formula is C13H15N3O2. The van der Waals surface area contributed by atoms with Crippen LogP contribution in [0, 0.1) is 6.92 Å². The van der Waals surface area contributed by atoms with E-state index >= 15 is 0 Å². The Bertz CT molecular complexity index is 561. The van der Waals surface area contributed by atoms with E-state index in [-0.39, 0.29) is 6.42 Å². The van der Waals surface area contributed by atoms with Gasteiger partial charge in [0.15, 0.2) is 5.82 Å². The first-order valence-electron chi connectivity index (χ1n) is 5.75. The minimum Gasteiger partial charge on any atom is -0.481 e. The Labute approximate surface area is 105 Å². The number of carbonyl (C=O) groups is 1. The number of aliphatic carboxylic acids is 1. The Morgan fingerprint density at radius 2 is 2.22 bits per heavy atom. The maximum Gasteiger partial charge on any atom is 0.303 e. The van der Waals surface area contributed by atoms with Crippen LogP contribution in [0.2, 0.25) is 0 Å². The molecule has 2 rings (SSSR count). The van der Waals surface area contributed by atoms with Crippen LogP contribution in [0.4, 0.5) is 0 Å². The average Bonchev–Trinajstić information content (AvgIpc) is 2.63. The largest absolute Gasteiger partial charge is 0.481 e. The summed E-state index contributed by atoms with van der Waals surface area (Å²) >= 11 is 0. The summed E-state index contributed by atoms with van der Waals surface area (Å²) in [6, 6.07) is 5.65. The van der Waals surface area contributed by atoms with Gasteiger partial charge in [-0.1, -0.05) is 6.07 Å². The van der Waals surface area contributed by atoms with Gasteiger partial charge in [0, 0.05) is 18.9 Å². The fourth-order valence-electron chi connectivity index (χ4n) is 1.97. The van der Waals surface area contributed by atoms with E-state index in [1.165, 1.54) is 0 Å². The Hall–Kier alpha value is -2.17. The van der Waals surface area contributed by atoms with Gasteiger partial charge < -0.3 is 9.67 Å². The molecule has 2 heterocycles. The number of pyridine rings is 1. The summed E-state index contributed by atoms with van der Waals surface area (Å²) in [7, 11) is 1.89. The van der Waals surface area contributed by atoms with Crippen LogP contribution < -0.4 is 0 Å². The summed E-state index contributed by atoms with van der Waals surface area (Å²) in [5.74, 6) is -0.0246. The summed E-state index contributed by atoms with van der Waals surface area (Å²) in [4.78, 5) is 19.4. The monoisotopic (exact) mass is 245 g/mol. The molecule has 5 nitrogen and oxygen atoms in total. The van der Waals surface area contributed by atoms with E-state index in [4.69, 9.17) is 5.11 Å². The topological polar surface area (TPSA) is 68.0 Å². The van der Waals surface area contributed by atoms with Gasteiger partial charge in [-0.15, -0.1) is 0 Å². The van der Waals surface area contributed by atoms with Gasteiger partial charge in [0.2, 0.25) is 0 Å². The molecule has 0 saturated carbocycles. The van der Waals surface area contributed by atoms with Crippen molar-refractivity contribution in [2.45, 2.75) is 19.8 Å². The van der Waals surface area contributed by atoms with Crippen molar-refractivity contribution in [2.24, 2.45) is 7.05 Å². The summed E-state index contributed by atoms with van der Waals surface area (Å²) in [6.07, 6.45) is 2.32. The first kappa shape index (κ1) is 12.3. The van der Waals surface area contributed by atoms with Gasteiger partial charge in [0.05, 0.1) is 12.1 Å². The SMILES string of the molecule is Cc1nc(-c2ccccn2)n(C)c1CCC(=O)O. The second kappa shape index (κ2) is 5.00. The third kappa shape index (κ3) is 2.40. The van der Waals surface area contributed by atoms with Gasteiger partial charge in [-0.05, 0) is 25.5 Å². The summed E-state index contributed by atoms with van der Waals surface area (Å²) in [6.45, 7) is 1.89. The number of nitrogens with zero attached hydrogens (tertiary/aromatic N) is 3. The van der Waals surface area contributed by atoms with E-state index in [0.717, 1.165) is 22.9 Å². The zero-order valence-electron chi connectivity index (χ0n) is 10.4. The Kier molecular flexibility index (Phi) is 3.41. The van der Waals surface area contributed by atoms with Crippen LogP contribution in [0.1, 0.15) is 17.8 Å². The van der Waals surface area contributed by atoms with Crippen molar-refractivity contribution in [3.63, 3.8) is 0 Å². The van der Waals surface area contributed by atoms with Gasteiger partial charge in [-0.2, -0.15) is 0 Å². The zero-order chi connectivity index (χ0) is 13.1. The third-order valence-corrected chi connectivity index (χ3v) is 2.88. The highest BCUT2D eigenvalue weighted by Crippen LogP contribution is 2.20. The molecule has 0 fully saturated rings. The van der Waals surface area contributed by atoms with Gasteiger partial charge in [0.1, 0.15) is 5.69 Å². The quantitative estimate of drug-likeness (QED) is 0.892. The molecule has 0 atom stereocenters. The predicted molar refractivity (Wildman–Crippen MR) is 67.1 cm³/mol. The number of rotatable bonds is 4. The van der Waals surface area contributed by atoms with Crippen molar-refractivity contribution < 1.29 is 9.90 Å². The fraction of sp³-hybridized carbons (Fsp3) is 0.308. The van der Waals surface area contributed by atoms with E-state index in [9.17, 15) is 4.79 Å². The number of aromatic nitrogens is 3. The third-order valence-electron chi connectivity index (χ3n) is 2.88. The van der Waals surface area contributed by atoms with Crippen molar-refractivity contribution in [3.8, 4) is 11.5 Å². The lowest BCUT2D eigenvalue weighted by molar-refractivity contribution is -0.136. The van der Waals surface area contributed by atoms with Gasteiger partial charge in [-0.25, -0.2) is 4.98 Å². The van der Waals surface area contributed by atoms with E-state index in [2.05, 4.69) is 9.97 Å². The second-order valence-corrected chi connectivity index (χ2v) is 4.14. The average molecular weight is 245 g/mol. The standard InChI is InChI=1S/C13H15N3O2/c1-9-11(6-7-12(17)18)16(2)13(15-9)10-5-3-4-8-14-10/h3-5,8H,6-7H2,1-2H3,(H,17,18). The molecule has 0 radical (unpaired) electrons. The molecule has 0 saturated heterocycles. The maximum atomic E-state index is 10.6. The Morgan fingerprint density at radius 1 is 1.44 bits per heavy atom. The van der Waals surface area contributed by atoms with E-state index < -0.39 is 5.97 Å². The van der Waals surface area contributed by atoms with Crippen molar-refractivity contribution in [1.29, 1.82) is 0 Å². The Morgan fingerprint density at radius 3 is 2.83 bits per heavy atom. The molecule has 18 heavy (non-hydrogen) atoms. The lowest BCUT2D eigenvalue weighted by Gasteiger charge is -2.04. The van der Waals surface area contributed by atoms with Crippen molar-refractivity contribution in [2.75, 3.05) is 0 Å². The normalized spacial score (nSPS) is 10.6. The molecule has 0 spiro atoms. The smallest absolute Gasteiger partial charge is 0.303 e. The number of hydrogen-bond donors (Lipinski definition) is 1. The van der Waals surface area contributed by atoms with E-state index in [0.29, 0.717) is 6.42 Å². The van der Waals surface area contributed by atoms with Gasteiger partial charge in [0.25, 0.3) is 0 Å². The van der Waals surface area contributed by atoms with E-state index in [1.54, 1.807) is 6.20 Å². The van der Waals surface area contributed by atoms with Crippen molar-refractivity contribution in [3.05, 3.63) is 35.8 Å². The first-order chi connectivity index (χ1) is 8.59.